The minimum atomic E-state index is -0.535. The van der Waals surface area contributed by atoms with Gasteiger partial charge in [-0.2, -0.15) is 0 Å². The van der Waals surface area contributed by atoms with E-state index in [9.17, 15) is 4.79 Å². The van der Waals surface area contributed by atoms with E-state index in [1.54, 1.807) is 0 Å². The molecule has 0 spiro atoms. The lowest BCUT2D eigenvalue weighted by atomic mass is 10.8. The van der Waals surface area contributed by atoms with Crippen LogP contribution < -0.4 is 11.3 Å². The lowest BCUT2D eigenvalue weighted by molar-refractivity contribution is 0.139. The molecule has 1 amide bonds. The van der Waals surface area contributed by atoms with Gasteiger partial charge >= 0.3 is 6.09 Å². The van der Waals surface area contributed by atoms with Crippen molar-refractivity contribution in [2.45, 2.75) is 18.9 Å². The average Bonchev–Trinajstić information content (AvgIpc) is 2.50. The first kappa shape index (κ1) is 5.37. The summed E-state index contributed by atoms with van der Waals surface area (Å²) in [6.07, 6.45) is 1.56. The molecule has 1 aliphatic rings. The molecular weight excluding hydrogens is 108 g/mol. The van der Waals surface area contributed by atoms with E-state index in [1.807, 2.05) is 5.43 Å². The van der Waals surface area contributed by atoms with Crippen LogP contribution in [0.2, 0.25) is 0 Å². The van der Waals surface area contributed by atoms with Crippen molar-refractivity contribution in [3.63, 3.8) is 0 Å². The third-order valence-corrected chi connectivity index (χ3v) is 0.916. The average molecular weight is 116 g/mol. The van der Waals surface area contributed by atoms with E-state index >= 15 is 0 Å². The Morgan fingerprint density at radius 2 is 2.38 bits per heavy atom. The molecule has 3 N–H and O–H groups in total. The largest absolute Gasteiger partial charge is 0.445 e. The van der Waals surface area contributed by atoms with Crippen LogP contribution in [-0.4, -0.2) is 12.2 Å². The summed E-state index contributed by atoms with van der Waals surface area (Å²) in [6.45, 7) is 0. The van der Waals surface area contributed by atoms with Crippen LogP contribution in [0.5, 0.6) is 0 Å². The van der Waals surface area contributed by atoms with Crippen molar-refractivity contribution in [3.05, 3.63) is 0 Å². The van der Waals surface area contributed by atoms with E-state index in [0.717, 1.165) is 12.8 Å². The minimum absolute atomic E-state index is 0.138. The fraction of sp³-hybridized carbons (Fsp3) is 0.750. The molecule has 1 saturated carbocycles. The molecule has 0 unspecified atom stereocenters. The second kappa shape index (κ2) is 2.00. The van der Waals surface area contributed by atoms with Crippen molar-refractivity contribution in [2.24, 2.45) is 5.84 Å². The zero-order valence-corrected chi connectivity index (χ0v) is 4.39. The van der Waals surface area contributed by atoms with Crippen LogP contribution in [0.4, 0.5) is 4.79 Å². The molecule has 0 heterocycles. The number of hydrogen-bond donors (Lipinski definition) is 2. The van der Waals surface area contributed by atoms with Gasteiger partial charge in [0.15, 0.2) is 0 Å². The molecule has 0 aromatic heterocycles. The van der Waals surface area contributed by atoms with E-state index in [-0.39, 0.29) is 6.10 Å². The number of hydrogen-bond acceptors (Lipinski definition) is 3. The first-order chi connectivity index (χ1) is 3.83. The number of nitrogens with two attached hydrogens (primary N) is 1. The van der Waals surface area contributed by atoms with Crippen LogP contribution in [0.25, 0.3) is 0 Å². The Morgan fingerprint density at radius 3 is 2.75 bits per heavy atom. The summed E-state index contributed by atoms with van der Waals surface area (Å²) in [5, 5.41) is 0. The van der Waals surface area contributed by atoms with Crippen LogP contribution in [0.1, 0.15) is 12.8 Å². The minimum Gasteiger partial charge on any atom is -0.445 e. The molecule has 46 valence electrons. The second-order valence-corrected chi connectivity index (χ2v) is 1.75. The van der Waals surface area contributed by atoms with Crippen molar-refractivity contribution in [3.8, 4) is 0 Å². The fourth-order valence-corrected chi connectivity index (χ4v) is 0.371. The van der Waals surface area contributed by atoms with Crippen LogP contribution in [0.3, 0.4) is 0 Å². The number of carbonyl (C=O) groups is 1. The molecule has 0 aromatic carbocycles. The van der Waals surface area contributed by atoms with Crippen molar-refractivity contribution >= 4 is 6.09 Å². The molecule has 1 aliphatic carbocycles. The van der Waals surface area contributed by atoms with Crippen LogP contribution in [-0.2, 0) is 4.74 Å². The smallest absolute Gasteiger partial charge is 0.421 e. The Labute approximate surface area is 47.0 Å². The van der Waals surface area contributed by atoms with Gasteiger partial charge < -0.3 is 4.74 Å². The second-order valence-electron chi connectivity index (χ2n) is 1.75. The molecule has 0 aromatic rings. The Kier molecular flexibility index (Phi) is 1.34. The third-order valence-electron chi connectivity index (χ3n) is 0.916. The normalized spacial score (nSPS) is 17.6. The molecule has 0 radical (unpaired) electrons. The fourth-order valence-electron chi connectivity index (χ4n) is 0.371. The molecule has 0 saturated heterocycles. The molecule has 8 heavy (non-hydrogen) atoms. The van der Waals surface area contributed by atoms with Crippen LogP contribution in [0.15, 0.2) is 0 Å². The Morgan fingerprint density at radius 1 is 1.75 bits per heavy atom. The summed E-state index contributed by atoms with van der Waals surface area (Å²) in [7, 11) is 0. The lowest BCUT2D eigenvalue weighted by Crippen LogP contribution is -2.31. The van der Waals surface area contributed by atoms with Gasteiger partial charge in [0, 0.05) is 0 Å². The molecule has 1 rings (SSSR count). The van der Waals surface area contributed by atoms with Gasteiger partial charge in [0.25, 0.3) is 0 Å². The van der Waals surface area contributed by atoms with Gasteiger partial charge in [-0.3, -0.25) is 5.43 Å². The van der Waals surface area contributed by atoms with Gasteiger partial charge in [-0.15, -0.1) is 0 Å². The molecule has 0 bridgehead atoms. The molecule has 1 fully saturated rings. The Bertz CT molecular complexity index is 100. The van der Waals surface area contributed by atoms with E-state index in [1.165, 1.54) is 0 Å². The summed E-state index contributed by atoms with van der Waals surface area (Å²) >= 11 is 0. The standard InChI is InChI=1S/C4H8N2O2/c5-6-4(7)8-3-1-2-3/h3H,1-2,5H2,(H,6,7). The highest BCUT2D eigenvalue weighted by atomic mass is 16.6. The van der Waals surface area contributed by atoms with E-state index < -0.39 is 6.09 Å². The third kappa shape index (κ3) is 1.38. The van der Waals surface area contributed by atoms with Gasteiger partial charge in [-0.25, -0.2) is 10.6 Å². The quantitative estimate of drug-likeness (QED) is 0.282. The summed E-state index contributed by atoms with van der Waals surface area (Å²) in [5.74, 6) is 4.72. The van der Waals surface area contributed by atoms with E-state index in [2.05, 4.69) is 4.74 Å². The Balaban J connectivity index is 2.07. The first-order valence-electron chi connectivity index (χ1n) is 2.50. The van der Waals surface area contributed by atoms with Crippen molar-refractivity contribution in [2.75, 3.05) is 0 Å². The number of hydrazine groups is 1. The molecule has 4 heteroatoms. The summed E-state index contributed by atoms with van der Waals surface area (Å²) in [4.78, 5) is 10.2. The van der Waals surface area contributed by atoms with Crippen LogP contribution >= 0.6 is 0 Å². The van der Waals surface area contributed by atoms with Gasteiger partial charge in [0.05, 0.1) is 0 Å². The van der Waals surface area contributed by atoms with Crippen molar-refractivity contribution in [1.29, 1.82) is 0 Å². The number of carbonyl (C=O) groups excluding carboxylic acids is 1. The maximum atomic E-state index is 10.2. The number of amides is 1. The monoisotopic (exact) mass is 116 g/mol. The maximum absolute atomic E-state index is 10.2. The molecule has 0 atom stereocenters. The zero-order chi connectivity index (χ0) is 5.98. The highest BCUT2D eigenvalue weighted by molar-refractivity contribution is 5.66. The summed E-state index contributed by atoms with van der Waals surface area (Å²) in [5.41, 5.74) is 1.88. The van der Waals surface area contributed by atoms with E-state index in [0.29, 0.717) is 0 Å². The zero-order valence-electron chi connectivity index (χ0n) is 4.39. The van der Waals surface area contributed by atoms with Gasteiger partial charge in [-0.1, -0.05) is 0 Å². The van der Waals surface area contributed by atoms with Crippen molar-refractivity contribution < 1.29 is 9.53 Å². The number of nitrogens with one attached hydrogen (secondary N) is 1. The van der Waals surface area contributed by atoms with Gasteiger partial charge in [0.1, 0.15) is 6.10 Å². The molecule has 0 aliphatic heterocycles. The molecular formula is C4H8N2O2. The van der Waals surface area contributed by atoms with Crippen LogP contribution in [0, 0.1) is 0 Å². The summed E-state index contributed by atoms with van der Waals surface area (Å²) < 4.78 is 4.64. The van der Waals surface area contributed by atoms with Gasteiger partial charge in [-0.05, 0) is 12.8 Å². The van der Waals surface area contributed by atoms with Crippen molar-refractivity contribution in [1.82, 2.24) is 5.43 Å². The predicted octanol–water partition coefficient (Wildman–Crippen LogP) is -0.251. The Hall–Kier alpha value is -0.770. The summed E-state index contributed by atoms with van der Waals surface area (Å²) in [6, 6.07) is 0. The number of rotatable bonds is 1. The highest BCUT2D eigenvalue weighted by Gasteiger charge is 2.25. The number of ether oxygens (including phenoxy) is 1. The van der Waals surface area contributed by atoms with Gasteiger partial charge in [0.2, 0.25) is 0 Å². The first-order valence-corrected chi connectivity index (χ1v) is 2.50. The maximum Gasteiger partial charge on any atom is 0.421 e. The van der Waals surface area contributed by atoms with E-state index in [4.69, 9.17) is 5.84 Å². The molecule has 4 nitrogen and oxygen atoms in total. The lowest BCUT2D eigenvalue weighted by Gasteiger charge is -1.97. The predicted molar refractivity (Wildman–Crippen MR) is 26.8 cm³/mol. The SMILES string of the molecule is NNC(=O)OC1CC1. The topological polar surface area (TPSA) is 64.3 Å². The highest BCUT2D eigenvalue weighted by Crippen LogP contribution is 2.22.